The standard InChI is InChI=1S/C33H33FN8O3/c1-20-27(33(44)42(40(20)2)23-7-5-4-6-8-23)32(43)38-22-11-9-21(10-12-22)29-31(35)37-19-25(39-29)30-28(34)26(13-16-36-30)41-17-14-24(45-3)15-18-41/h4-13,16,19,24H,14-15,17-18H2,1-3H3,(H2,35,37)(H,38,43). The SMILES string of the molecule is COC1CCN(c2ccnc(-c3cnc(N)c(-c4ccc(NC(=O)c5c(C)n(C)n(-c6ccccc6)c5=O)cc4)n3)c2F)CC1. The number of methoxy groups -OCH3 is 1. The van der Waals surface area contributed by atoms with Crippen LogP contribution in [-0.4, -0.2) is 56.5 Å². The number of nitrogens with two attached hydrogens (primary N) is 1. The molecule has 1 saturated heterocycles. The van der Waals surface area contributed by atoms with Gasteiger partial charge in [0, 0.05) is 44.7 Å². The zero-order valence-electron chi connectivity index (χ0n) is 25.2. The molecule has 0 radical (unpaired) electrons. The number of nitrogen functional groups attached to an aromatic ring is 1. The van der Waals surface area contributed by atoms with Crippen LogP contribution < -0.4 is 21.5 Å². The van der Waals surface area contributed by atoms with E-state index < -0.39 is 17.3 Å². The molecule has 0 spiro atoms. The second-order valence-electron chi connectivity index (χ2n) is 10.9. The molecule has 0 aliphatic carbocycles. The summed E-state index contributed by atoms with van der Waals surface area (Å²) in [7, 11) is 3.43. The summed E-state index contributed by atoms with van der Waals surface area (Å²) in [5, 5.41) is 2.81. The molecule has 3 N–H and O–H groups in total. The van der Waals surface area contributed by atoms with Crippen molar-refractivity contribution in [2.75, 3.05) is 36.1 Å². The van der Waals surface area contributed by atoms with Gasteiger partial charge in [-0.2, -0.15) is 0 Å². The molecule has 11 nitrogen and oxygen atoms in total. The van der Waals surface area contributed by atoms with Gasteiger partial charge in [-0.15, -0.1) is 0 Å². The maximum atomic E-state index is 15.8. The van der Waals surface area contributed by atoms with Crippen LogP contribution in [0.4, 0.5) is 21.6 Å². The smallest absolute Gasteiger partial charge is 0.284 e. The maximum Gasteiger partial charge on any atom is 0.284 e. The predicted molar refractivity (Wildman–Crippen MR) is 171 cm³/mol. The van der Waals surface area contributed by atoms with Crippen LogP contribution in [0.3, 0.4) is 0 Å². The van der Waals surface area contributed by atoms with E-state index in [4.69, 9.17) is 10.5 Å². The number of carbonyl (C=O) groups excluding carboxylic acids is 1. The number of ether oxygens (including phenoxy) is 1. The van der Waals surface area contributed by atoms with Gasteiger partial charge in [0.05, 0.1) is 29.4 Å². The molecule has 6 rings (SSSR count). The molecule has 4 heterocycles. The Morgan fingerprint density at radius 1 is 1.02 bits per heavy atom. The Hall–Kier alpha value is -5.36. The number of piperidine rings is 1. The van der Waals surface area contributed by atoms with Crippen molar-refractivity contribution in [1.29, 1.82) is 0 Å². The Labute approximate surface area is 259 Å². The van der Waals surface area contributed by atoms with Gasteiger partial charge in [-0.25, -0.2) is 19.0 Å². The van der Waals surface area contributed by atoms with E-state index in [1.54, 1.807) is 74.4 Å². The Balaban J connectivity index is 1.23. The third-order valence-electron chi connectivity index (χ3n) is 8.23. The molecule has 230 valence electrons. The van der Waals surface area contributed by atoms with Crippen molar-refractivity contribution in [1.82, 2.24) is 24.3 Å². The fourth-order valence-electron chi connectivity index (χ4n) is 5.65. The van der Waals surface area contributed by atoms with Crippen molar-refractivity contribution in [3.63, 3.8) is 0 Å². The number of nitrogens with zero attached hydrogens (tertiary/aromatic N) is 6. The number of hydrogen-bond acceptors (Lipinski definition) is 8. The van der Waals surface area contributed by atoms with Gasteiger partial charge in [0.15, 0.2) is 5.82 Å². The minimum absolute atomic E-state index is 0.0491. The molecule has 1 fully saturated rings. The zero-order valence-corrected chi connectivity index (χ0v) is 25.2. The first-order valence-electron chi connectivity index (χ1n) is 14.6. The molecule has 5 aromatic rings. The highest BCUT2D eigenvalue weighted by Gasteiger charge is 2.25. The molecular weight excluding hydrogens is 575 g/mol. The highest BCUT2D eigenvalue weighted by atomic mass is 19.1. The maximum absolute atomic E-state index is 15.8. The molecule has 1 amide bonds. The van der Waals surface area contributed by atoms with E-state index in [0.29, 0.717) is 47.1 Å². The normalized spacial score (nSPS) is 13.6. The van der Waals surface area contributed by atoms with Gasteiger partial charge in [-0.3, -0.25) is 19.3 Å². The van der Waals surface area contributed by atoms with E-state index in [0.717, 1.165) is 12.8 Å². The average molecular weight is 609 g/mol. The highest BCUT2D eigenvalue weighted by molar-refractivity contribution is 6.05. The number of nitrogens with one attached hydrogen (secondary N) is 1. The van der Waals surface area contributed by atoms with Crippen LogP contribution in [0.1, 0.15) is 28.9 Å². The fraction of sp³-hybridized carbons (Fsp3) is 0.242. The first kappa shape index (κ1) is 29.7. The molecule has 1 aliphatic heterocycles. The summed E-state index contributed by atoms with van der Waals surface area (Å²) in [5.74, 6) is -0.834. The number of rotatable bonds is 7. The van der Waals surface area contributed by atoms with E-state index in [9.17, 15) is 9.59 Å². The van der Waals surface area contributed by atoms with Crippen molar-refractivity contribution < 1.29 is 13.9 Å². The number of hydrogen-bond donors (Lipinski definition) is 2. The summed E-state index contributed by atoms with van der Waals surface area (Å²) in [6, 6.07) is 17.6. The van der Waals surface area contributed by atoms with Crippen molar-refractivity contribution in [3.05, 3.63) is 100 Å². The Morgan fingerprint density at radius 2 is 1.73 bits per heavy atom. The van der Waals surface area contributed by atoms with Crippen molar-refractivity contribution >= 4 is 23.1 Å². The van der Waals surface area contributed by atoms with Gasteiger partial charge < -0.3 is 20.7 Å². The number of amides is 1. The minimum Gasteiger partial charge on any atom is -0.382 e. The van der Waals surface area contributed by atoms with Gasteiger partial charge in [-0.05, 0) is 50.1 Å². The summed E-state index contributed by atoms with van der Waals surface area (Å²) in [4.78, 5) is 41.6. The van der Waals surface area contributed by atoms with Crippen LogP contribution in [0.15, 0.2) is 77.9 Å². The number of benzene rings is 2. The zero-order chi connectivity index (χ0) is 31.7. The monoisotopic (exact) mass is 608 g/mol. The van der Waals surface area contributed by atoms with Crippen LogP contribution in [0, 0.1) is 12.7 Å². The first-order valence-corrected chi connectivity index (χ1v) is 14.6. The lowest BCUT2D eigenvalue weighted by molar-refractivity contribution is 0.0818. The highest BCUT2D eigenvalue weighted by Crippen LogP contribution is 2.31. The molecule has 0 bridgehead atoms. The van der Waals surface area contributed by atoms with Crippen LogP contribution >= 0.6 is 0 Å². The number of aromatic nitrogens is 5. The topological polar surface area (TPSA) is 133 Å². The van der Waals surface area contributed by atoms with E-state index >= 15 is 4.39 Å². The molecule has 2 aromatic carbocycles. The minimum atomic E-state index is -0.523. The lowest BCUT2D eigenvalue weighted by atomic mass is 10.1. The number of anilines is 3. The number of halogens is 1. The van der Waals surface area contributed by atoms with Crippen molar-refractivity contribution in [2.24, 2.45) is 7.05 Å². The second-order valence-corrected chi connectivity index (χ2v) is 10.9. The van der Waals surface area contributed by atoms with Gasteiger partial charge >= 0.3 is 0 Å². The molecule has 1 aliphatic rings. The summed E-state index contributed by atoms with van der Waals surface area (Å²) in [5.41, 5.74) is 9.22. The van der Waals surface area contributed by atoms with Crippen LogP contribution in [0.5, 0.6) is 0 Å². The summed E-state index contributed by atoms with van der Waals surface area (Å²) in [6.45, 7) is 3.07. The molecule has 45 heavy (non-hydrogen) atoms. The van der Waals surface area contributed by atoms with E-state index in [1.165, 1.54) is 10.9 Å². The van der Waals surface area contributed by atoms with E-state index in [-0.39, 0.29) is 28.9 Å². The predicted octanol–water partition coefficient (Wildman–Crippen LogP) is 4.59. The first-order chi connectivity index (χ1) is 21.8. The van der Waals surface area contributed by atoms with Crippen LogP contribution in [0.25, 0.3) is 28.3 Å². The Kier molecular flexibility index (Phi) is 8.14. The van der Waals surface area contributed by atoms with Gasteiger partial charge in [0.2, 0.25) is 0 Å². The Bertz CT molecular complexity index is 1910. The number of para-hydroxylation sites is 1. The lowest BCUT2D eigenvalue weighted by Gasteiger charge is -2.33. The second kappa shape index (κ2) is 12.3. The third kappa shape index (κ3) is 5.67. The fourth-order valence-corrected chi connectivity index (χ4v) is 5.65. The average Bonchev–Trinajstić information content (AvgIpc) is 3.29. The summed E-state index contributed by atoms with van der Waals surface area (Å²) in [6.07, 6.45) is 4.77. The van der Waals surface area contributed by atoms with Gasteiger partial charge in [0.25, 0.3) is 11.5 Å². The van der Waals surface area contributed by atoms with Gasteiger partial charge in [-0.1, -0.05) is 30.3 Å². The quantitative estimate of drug-likeness (QED) is 0.274. The molecule has 3 aromatic heterocycles. The van der Waals surface area contributed by atoms with Crippen LogP contribution in [-0.2, 0) is 11.8 Å². The van der Waals surface area contributed by atoms with Gasteiger partial charge in [0.1, 0.15) is 28.5 Å². The lowest BCUT2D eigenvalue weighted by Crippen LogP contribution is -2.37. The number of pyridine rings is 1. The largest absolute Gasteiger partial charge is 0.382 e. The van der Waals surface area contributed by atoms with E-state index in [1.807, 2.05) is 23.1 Å². The molecule has 0 unspecified atom stereocenters. The molecule has 0 atom stereocenters. The van der Waals surface area contributed by atoms with Crippen molar-refractivity contribution in [3.8, 4) is 28.3 Å². The number of carbonyl (C=O) groups is 1. The summed E-state index contributed by atoms with van der Waals surface area (Å²) >= 11 is 0. The Morgan fingerprint density at radius 3 is 2.42 bits per heavy atom. The third-order valence-corrected chi connectivity index (χ3v) is 8.23. The molecule has 0 saturated carbocycles. The summed E-state index contributed by atoms with van der Waals surface area (Å²) < 4.78 is 24.3. The van der Waals surface area contributed by atoms with E-state index in [2.05, 4.69) is 20.3 Å². The molecular formula is C33H33FN8O3. The van der Waals surface area contributed by atoms with Crippen LogP contribution in [0.2, 0.25) is 0 Å². The molecule has 12 heteroatoms. The van der Waals surface area contributed by atoms with Crippen molar-refractivity contribution in [2.45, 2.75) is 25.9 Å².